The standard InChI is InChI=1S/C25H26N4O5/c26-25(31)17-8-10-29(11-9-17)22-7-4-16-2-1-3-20(24(16)28-22)34-15-23(30)27-18-5-6-19-21(14-18)33-13-12-32-19/h1-7,14,17H,8-13,15H2,(H2,26,31)(H,27,30). The first kappa shape index (κ1) is 21.8. The molecular formula is C25H26N4O5. The molecule has 2 aromatic carbocycles. The monoisotopic (exact) mass is 462 g/mol. The molecule has 2 amide bonds. The summed E-state index contributed by atoms with van der Waals surface area (Å²) in [6.07, 6.45) is 1.43. The fraction of sp³-hybridized carbons (Fsp3) is 0.320. The molecule has 34 heavy (non-hydrogen) atoms. The van der Waals surface area contributed by atoms with Gasteiger partial charge in [0.25, 0.3) is 5.91 Å². The first-order chi connectivity index (χ1) is 16.6. The maximum atomic E-state index is 12.5. The topological polar surface area (TPSA) is 116 Å². The Bertz CT molecular complexity index is 1220. The largest absolute Gasteiger partial charge is 0.486 e. The predicted molar refractivity (Wildman–Crippen MR) is 127 cm³/mol. The SMILES string of the molecule is NC(=O)C1CCN(c2ccc3cccc(OCC(=O)Nc4ccc5c(c4)OCCO5)c3n2)CC1. The number of piperidine rings is 1. The van der Waals surface area contributed by atoms with Gasteiger partial charge in [0, 0.05) is 36.1 Å². The van der Waals surface area contributed by atoms with Crippen LogP contribution in [0, 0.1) is 5.92 Å². The molecule has 0 unspecified atom stereocenters. The van der Waals surface area contributed by atoms with Crippen molar-refractivity contribution in [3.05, 3.63) is 48.5 Å². The number of nitrogens with one attached hydrogen (secondary N) is 1. The summed E-state index contributed by atoms with van der Waals surface area (Å²) < 4.78 is 16.9. The summed E-state index contributed by atoms with van der Waals surface area (Å²) in [6, 6.07) is 14.8. The van der Waals surface area contributed by atoms with E-state index >= 15 is 0 Å². The number of ether oxygens (including phenoxy) is 3. The van der Waals surface area contributed by atoms with Crippen molar-refractivity contribution in [1.29, 1.82) is 0 Å². The van der Waals surface area contributed by atoms with E-state index in [0.717, 1.165) is 11.2 Å². The third-order valence-corrected chi connectivity index (χ3v) is 6.07. The molecule has 0 radical (unpaired) electrons. The molecule has 2 aliphatic rings. The third kappa shape index (κ3) is 4.68. The van der Waals surface area contributed by atoms with Crippen LogP contribution in [-0.4, -0.2) is 49.7 Å². The molecule has 2 aliphatic heterocycles. The summed E-state index contributed by atoms with van der Waals surface area (Å²) in [5.74, 6) is 2.00. The van der Waals surface area contributed by atoms with Gasteiger partial charge in [0.1, 0.15) is 30.3 Å². The lowest BCUT2D eigenvalue weighted by molar-refractivity contribution is -0.122. The number of aromatic nitrogens is 1. The van der Waals surface area contributed by atoms with Crippen LogP contribution in [0.1, 0.15) is 12.8 Å². The van der Waals surface area contributed by atoms with Gasteiger partial charge in [0.2, 0.25) is 5.91 Å². The van der Waals surface area contributed by atoms with Crippen molar-refractivity contribution in [2.45, 2.75) is 12.8 Å². The van der Waals surface area contributed by atoms with Gasteiger partial charge < -0.3 is 30.2 Å². The van der Waals surface area contributed by atoms with Gasteiger partial charge >= 0.3 is 0 Å². The van der Waals surface area contributed by atoms with E-state index in [1.807, 2.05) is 24.3 Å². The van der Waals surface area contributed by atoms with Crippen LogP contribution in [0.4, 0.5) is 11.5 Å². The van der Waals surface area contributed by atoms with E-state index < -0.39 is 0 Å². The number of nitrogens with zero attached hydrogens (tertiary/aromatic N) is 2. The molecule has 9 nitrogen and oxygen atoms in total. The first-order valence-corrected chi connectivity index (χ1v) is 11.3. The van der Waals surface area contributed by atoms with Crippen molar-refractivity contribution >= 4 is 34.2 Å². The summed E-state index contributed by atoms with van der Waals surface area (Å²) in [4.78, 5) is 30.9. The van der Waals surface area contributed by atoms with Gasteiger partial charge in [-0.3, -0.25) is 9.59 Å². The van der Waals surface area contributed by atoms with Gasteiger partial charge in [-0.2, -0.15) is 0 Å². The van der Waals surface area contributed by atoms with E-state index in [4.69, 9.17) is 24.9 Å². The Morgan fingerprint density at radius 3 is 2.65 bits per heavy atom. The second-order valence-corrected chi connectivity index (χ2v) is 8.36. The Morgan fingerprint density at radius 2 is 1.85 bits per heavy atom. The Kier molecular flexibility index (Phi) is 6.07. The minimum Gasteiger partial charge on any atom is -0.486 e. The number of para-hydroxylation sites is 1. The van der Waals surface area contributed by atoms with Crippen molar-refractivity contribution in [3.63, 3.8) is 0 Å². The lowest BCUT2D eigenvalue weighted by atomic mass is 9.96. The first-order valence-electron chi connectivity index (χ1n) is 11.3. The maximum absolute atomic E-state index is 12.5. The van der Waals surface area contributed by atoms with Gasteiger partial charge in [0.15, 0.2) is 18.1 Å². The molecule has 5 rings (SSSR count). The van der Waals surface area contributed by atoms with Crippen LogP contribution in [0.3, 0.4) is 0 Å². The number of carbonyl (C=O) groups is 2. The van der Waals surface area contributed by atoms with Crippen LogP contribution in [0.25, 0.3) is 10.9 Å². The van der Waals surface area contributed by atoms with Gasteiger partial charge in [-0.25, -0.2) is 4.98 Å². The highest BCUT2D eigenvalue weighted by Crippen LogP contribution is 2.33. The van der Waals surface area contributed by atoms with Crippen LogP contribution < -0.4 is 30.2 Å². The van der Waals surface area contributed by atoms with Crippen LogP contribution in [0.5, 0.6) is 17.2 Å². The summed E-state index contributed by atoms with van der Waals surface area (Å²) in [6.45, 7) is 2.26. The zero-order valence-electron chi connectivity index (χ0n) is 18.7. The van der Waals surface area contributed by atoms with Gasteiger partial charge in [-0.1, -0.05) is 12.1 Å². The molecule has 1 aromatic heterocycles. The van der Waals surface area contributed by atoms with E-state index in [1.54, 1.807) is 24.3 Å². The highest BCUT2D eigenvalue weighted by Gasteiger charge is 2.24. The van der Waals surface area contributed by atoms with E-state index in [2.05, 4.69) is 10.2 Å². The Balaban J connectivity index is 1.26. The number of primary amides is 1. The molecule has 0 atom stereocenters. The van der Waals surface area contributed by atoms with Crippen molar-refractivity contribution in [2.75, 3.05) is 43.1 Å². The van der Waals surface area contributed by atoms with Gasteiger partial charge in [-0.15, -0.1) is 0 Å². The molecule has 3 N–H and O–H groups in total. The number of fused-ring (bicyclic) bond motifs is 2. The number of hydrogen-bond acceptors (Lipinski definition) is 7. The van der Waals surface area contributed by atoms with Crippen molar-refractivity contribution in [1.82, 2.24) is 4.98 Å². The van der Waals surface area contributed by atoms with E-state index in [-0.39, 0.29) is 24.3 Å². The Hall–Kier alpha value is -4.01. The number of hydrogen-bond donors (Lipinski definition) is 2. The van der Waals surface area contributed by atoms with E-state index in [9.17, 15) is 9.59 Å². The Morgan fingerprint density at radius 1 is 1.06 bits per heavy atom. The molecule has 0 bridgehead atoms. The van der Waals surface area contributed by atoms with Crippen molar-refractivity contribution < 1.29 is 23.8 Å². The predicted octanol–water partition coefficient (Wildman–Crippen LogP) is 2.73. The average Bonchev–Trinajstić information content (AvgIpc) is 2.87. The highest BCUT2D eigenvalue weighted by atomic mass is 16.6. The summed E-state index contributed by atoms with van der Waals surface area (Å²) in [5.41, 5.74) is 6.74. The van der Waals surface area contributed by atoms with Crippen molar-refractivity contribution in [3.8, 4) is 17.2 Å². The average molecular weight is 463 g/mol. The normalized spacial score (nSPS) is 15.7. The molecular weight excluding hydrogens is 436 g/mol. The lowest BCUT2D eigenvalue weighted by Crippen LogP contribution is -2.38. The van der Waals surface area contributed by atoms with Gasteiger partial charge in [0.05, 0.1) is 0 Å². The second-order valence-electron chi connectivity index (χ2n) is 8.36. The molecule has 3 heterocycles. The number of nitrogens with two attached hydrogens (primary N) is 1. The summed E-state index contributed by atoms with van der Waals surface area (Å²) in [7, 11) is 0. The summed E-state index contributed by atoms with van der Waals surface area (Å²) in [5, 5.41) is 3.74. The zero-order chi connectivity index (χ0) is 23.5. The Labute approximate surface area is 196 Å². The minimum absolute atomic E-state index is 0.0803. The molecule has 1 saturated heterocycles. The molecule has 1 fully saturated rings. The van der Waals surface area contributed by atoms with Crippen LogP contribution in [0.2, 0.25) is 0 Å². The molecule has 176 valence electrons. The third-order valence-electron chi connectivity index (χ3n) is 6.07. The number of rotatable bonds is 6. The highest BCUT2D eigenvalue weighted by molar-refractivity contribution is 5.93. The smallest absolute Gasteiger partial charge is 0.262 e. The molecule has 0 saturated carbocycles. The van der Waals surface area contributed by atoms with Crippen LogP contribution in [-0.2, 0) is 9.59 Å². The number of pyridine rings is 1. The minimum atomic E-state index is -0.293. The number of amides is 2. The maximum Gasteiger partial charge on any atom is 0.262 e. The lowest BCUT2D eigenvalue weighted by Gasteiger charge is -2.31. The fourth-order valence-corrected chi connectivity index (χ4v) is 4.26. The number of benzene rings is 2. The molecule has 0 spiro atoms. The summed E-state index contributed by atoms with van der Waals surface area (Å²) >= 11 is 0. The molecule has 0 aliphatic carbocycles. The van der Waals surface area contributed by atoms with E-state index in [1.165, 1.54) is 0 Å². The molecule has 9 heteroatoms. The van der Waals surface area contributed by atoms with Gasteiger partial charge in [-0.05, 0) is 43.2 Å². The quantitative estimate of drug-likeness (QED) is 0.579. The van der Waals surface area contributed by atoms with Crippen LogP contribution in [0.15, 0.2) is 48.5 Å². The number of carbonyl (C=O) groups excluding carboxylic acids is 2. The fourth-order valence-electron chi connectivity index (χ4n) is 4.26. The molecule has 3 aromatic rings. The van der Waals surface area contributed by atoms with Crippen molar-refractivity contribution in [2.24, 2.45) is 11.7 Å². The zero-order valence-corrected chi connectivity index (χ0v) is 18.7. The van der Waals surface area contributed by atoms with Crippen LogP contribution >= 0.6 is 0 Å². The van der Waals surface area contributed by atoms with E-state index in [0.29, 0.717) is 67.6 Å². The number of anilines is 2. The second kappa shape index (κ2) is 9.46.